The molecule has 0 aliphatic rings. The monoisotopic (exact) mass is 337 g/mol. The molecule has 2 aromatic rings. The van der Waals surface area contributed by atoms with E-state index in [2.05, 4.69) is 10.4 Å². The average Bonchev–Trinajstić information content (AvgIpc) is 2.90. The molecule has 0 unspecified atom stereocenters. The molecule has 0 saturated carbocycles. The predicted molar refractivity (Wildman–Crippen MR) is 84.7 cm³/mol. The van der Waals surface area contributed by atoms with E-state index in [1.807, 2.05) is 13.2 Å². The van der Waals surface area contributed by atoms with Gasteiger partial charge in [-0.15, -0.1) is 0 Å². The lowest BCUT2D eigenvalue weighted by molar-refractivity contribution is -0.139. The second kappa shape index (κ2) is 7.64. The number of amides is 1. The van der Waals surface area contributed by atoms with Crippen LogP contribution in [0.4, 0.5) is 5.69 Å². The van der Waals surface area contributed by atoms with Crippen molar-refractivity contribution in [1.29, 1.82) is 0 Å². The van der Waals surface area contributed by atoms with E-state index >= 15 is 0 Å². The van der Waals surface area contributed by atoms with Gasteiger partial charge >= 0.3 is 5.97 Å². The molecule has 0 spiro atoms. The third kappa shape index (κ3) is 5.30. The summed E-state index contributed by atoms with van der Waals surface area (Å²) in [6.07, 6.45) is 4.49. The van der Waals surface area contributed by atoms with Crippen LogP contribution < -0.4 is 10.1 Å². The highest BCUT2D eigenvalue weighted by molar-refractivity contribution is 6.32. The molecule has 0 aliphatic heterocycles. The van der Waals surface area contributed by atoms with Gasteiger partial charge in [0.2, 0.25) is 5.91 Å². The number of aliphatic carboxylic acids is 1. The Bertz CT molecular complexity index is 714. The van der Waals surface area contributed by atoms with Crippen molar-refractivity contribution in [1.82, 2.24) is 9.78 Å². The number of rotatable bonds is 7. The van der Waals surface area contributed by atoms with Gasteiger partial charge < -0.3 is 15.2 Å². The number of carboxylic acid groups (broad SMARTS) is 1. The molecule has 0 saturated heterocycles. The molecular formula is C15H16ClN3O4. The number of anilines is 1. The van der Waals surface area contributed by atoms with E-state index < -0.39 is 12.6 Å². The fourth-order valence-corrected chi connectivity index (χ4v) is 2.15. The van der Waals surface area contributed by atoms with Gasteiger partial charge in [-0.05, 0) is 30.2 Å². The van der Waals surface area contributed by atoms with Crippen molar-refractivity contribution in [2.45, 2.75) is 12.8 Å². The maximum atomic E-state index is 11.9. The molecule has 0 aliphatic carbocycles. The topological polar surface area (TPSA) is 93.5 Å². The number of aromatic nitrogens is 2. The highest BCUT2D eigenvalue weighted by atomic mass is 35.5. The number of hydrogen-bond acceptors (Lipinski definition) is 4. The molecule has 0 fully saturated rings. The van der Waals surface area contributed by atoms with Crippen LogP contribution in [0.5, 0.6) is 5.75 Å². The zero-order valence-electron chi connectivity index (χ0n) is 12.5. The predicted octanol–water partition coefficient (Wildman–Crippen LogP) is 2.11. The van der Waals surface area contributed by atoms with Gasteiger partial charge in [-0.3, -0.25) is 9.48 Å². The van der Waals surface area contributed by atoms with Gasteiger partial charge in [-0.1, -0.05) is 11.6 Å². The Balaban J connectivity index is 1.88. The summed E-state index contributed by atoms with van der Waals surface area (Å²) in [5.74, 6) is -0.986. The molecule has 1 aromatic carbocycles. The molecule has 1 heterocycles. The Hall–Kier alpha value is -2.54. The number of carbonyl (C=O) groups excluding carboxylic acids is 1. The van der Waals surface area contributed by atoms with E-state index in [1.165, 1.54) is 12.1 Å². The van der Waals surface area contributed by atoms with Gasteiger partial charge in [-0.25, -0.2) is 4.79 Å². The summed E-state index contributed by atoms with van der Waals surface area (Å²) < 4.78 is 6.70. The molecule has 2 rings (SSSR count). The lowest BCUT2D eigenvalue weighted by Crippen LogP contribution is -2.12. The SMILES string of the molecule is Cn1cc(CCC(=O)Nc2ccc(OCC(=O)O)c(Cl)c2)cn1. The highest BCUT2D eigenvalue weighted by Gasteiger charge is 2.08. The third-order valence-electron chi connectivity index (χ3n) is 2.97. The Morgan fingerprint density at radius 2 is 2.22 bits per heavy atom. The van der Waals surface area contributed by atoms with Crippen LogP contribution in [0.25, 0.3) is 0 Å². The molecule has 1 aromatic heterocycles. The number of hydrogen-bond donors (Lipinski definition) is 2. The number of aryl methyl sites for hydroxylation is 2. The quantitative estimate of drug-likeness (QED) is 0.807. The van der Waals surface area contributed by atoms with Crippen LogP contribution in [0.15, 0.2) is 30.6 Å². The van der Waals surface area contributed by atoms with E-state index in [0.717, 1.165) is 5.56 Å². The van der Waals surface area contributed by atoms with Crippen molar-refractivity contribution in [2.75, 3.05) is 11.9 Å². The smallest absolute Gasteiger partial charge is 0.341 e. The Morgan fingerprint density at radius 3 is 2.83 bits per heavy atom. The molecule has 122 valence electrons. The number of nitrogens with one attached hydrogen (secondary N) is 1. The van der Waals surface area contributed by atoms with Crippen molar-refractivity contribution < 1.29 is 19.4 Å². The molecule has 7 nitrogen and oxygen atoms in total. The van der Waals surface area contributed by atoms with Crippen LogP contribution in [0.1, 0.15) is 12.0 Å². The van der Waals surface area contributed by atoms with E-state index in [4.69, 9.17) is 21.4 Å². The fraction of sp³-hybridized carbons (Fsp3) is 0.267. The van der Waals surface area contributed by atoms with Gasteiger partial charge in [0, 0.05) is 25.4 Å². The average molecular weight is 338 g/mol. The molecule has 23 heavy (non-hydrogen) atoms. The second-order valence-electron chi connectivity index (χ2n) is 4.90. The minimum atomic E-state index is -1.09. The summed E-state index contributed by atoms with van der Waals surface area (Å²) in [5, 5.41) is 15.6. The van der Waals surface area contributed by atoms with E-state index in [0.29, 0.717) is 18.5 Å². The lowest BCUT2D eigenvalue weighted by atomic mass is 10.2. The maximum absolute atomic E-state index is 11.9. The normalized spacial score (nSPS) is 10.3. The first kappa shape index (κ1) is 16.8. The van der Waals surface area contributed by atoms with Crippen LogP contribution >= 0.6 is 11.6 Å². The maximum Gasteiger partial charge on any atom is 0.341 e. The first-order chi connectivity index (χ1) is 10.9. The summed E-state index contributed by atoms with van der Waals surface area (Å²) in [6, 6.07) is 4.63. The lowest BCUT2D eigenvalue weighted by Gasteiger charge is -2.09. The second-order valence-corrected chi connectivity index (χ2v) is 5.31. The van der Waals surface area contributed by atoms with Gasteiger partial charge in [-0.2, -0.15) is 5.10 Å². The van der Waals surface area contributed by atoms with Crippen LogP contribution in [-0.4, -0.2) is 33.4 Å². The van der Waals surface area contributed by atoms with Crippen LogP contribution in [-0.2, 0) is 23.1 Å². The summed E-state index contributed by atoms with van der Waals surface area (Å²) in [7, 11) is 1.82. The zero-order chi connectivity index (χ0) is 16.8. The van der Waals surface area contributed by atoms with Gasteiger partial charge in [0.05, 0.1) is 11.2 Å². The van der Waals surface area contributed by atoms with Crippen LogP contribution in [0.2, 0.25) is 5.02 Å². The van der Waals surface area contributed by atoms with Crippen LogP contribution in [0.3, 0.4) is 0 Å². The van der Waals surface area contributed by atoms with Crippen molar-refractivity contribution in [2.24, 2.45) is 7.05 Å². The summed E-state index contributed by atoms with van der Waals surface area (Å²) in [4.78, 5) is 22.4. The summed E-state index contributed by atoms with van der Waals surface area (Å²) in [5.41, 5.74) is 1.51. The van der Waals surface area contributed by atoms with Gasteiger partial charge in [0.25, 0.3) is 0 Å². The minimum Gasteiger partial charge on any atom is -0.480 e. The van der Waals surface area contributed by atoms with Gasteiger partial charge in [0.15, 0.2) is 6.61 Å². The number of nitrogens with zero attached hydrogens (tertiary/aromatic N) is 2. The number of benzene rings is 1. The molecule has 0 atom stereocenters. The number of carboxylic acids is 1. The molecule has 0 radical (unpaired) electrons. The first-order valence-corrected chi connectivity index (χ1v) is 7.23. The van der Waals surface area contributed by atoms with Crippen molar-refractivity contribution in [3.63, 3.8) is 0 Å². The van der Waals surface area contributed by atoms with Crippen LogP contribution in [0, 0.1) is 0 Å². The Labute approximate surface area is 137 Å². The van der Waals surface area contributed by atoms with Crippen molar-refractivity contribution >= 4 is 29.2 Å². The van der Waals surface area contributed by atoms with Crippen molar-refractivity contribution in [3.05, 3.63) is 41.2 Å². The first-order valence-electron chi connectivity index (χ1n) is 6.85. The van der Waals surface area contributed by atoms with E-state index in [-0.39, 0.29) is 16.7 Å². The third-order valence-corrected chi connectivity index (χ3v) is 3.26. The van der Waals surface area contributed by atoms with Crippen molar-refractivity contribution in [3.8, 4) is 5.75 Å². The molecule has 8 heteroatoms. The minimum absolute atomic E-state index is 0.149. The highest BCUT2D eigenvalue weighted by Crippen LogP contribution is 2.27. The molecular weight excluding hydrogens is 322 g/mol. The number of ether oxygens (including phenoxy) is 1. The largest absolute Gasteiger partial charge is 0.480 e. The molecule has 0 bridgehead atoms. The number of carbonyl (C=O) groups is 2. The Kier molecular flexibility index (Phi) is 5.59. The van der Waals surface area contributed by atoms with E-state index in [9.17, 15) is 9.59 Å². The zero-order valence-corrected chi connectivity index (χ0v) is 13.2. The van der Waals surface area contributed by atoms with Gasteiger partial charge in [0.1, 0.15) is 5.75 Å². The molecule has 1 amide bonds. The summed E-state index contributed by atoms with van der Waals surface area (Å²) in [6.45, 7) is -0.476. The number of halogens is 1. The fourth-order valence-electron chi connectivity index (χ4n) is 1.92. The molecule has 2 N–H and O–H groups in total. The Morgan fingerprint density at radius 1 is 1.43 bits per heavy atom. The summed E-state index contributed by atoms with van der Waals surface area (Å²) >= 11 is 5.99. The standard InChI is InChI=1S/C15H16ClN3O4/c1-19-8-10(7-17-19)2-5-14(20)18-11-3-4-13(12(16)6-11)23-9-15(21)22/h3-4,6-8H,2,5,9H2,1H3,(H,18,20)(H,21,22). The van der Waals surface area contributed by atoms with E-state index in [1.54, 1.807) is 16.9 Å².